The van der Waals surface area contributed by atoms with Crippen molar-refractivity contribution in [1.82, 2.24) is 24.1 Å². The molecule has 1 aromatic carbocycles. The summed E-state index contributed by atoms with van der Waals surface area (Å²) in [6.07, 6.45) is 5.11. The zero-order chi connectivity index (χ0) is 19.7. The molecule has 10 heteroatoms. The molecule has 28 heavy (non-hydrogen) atoms. The van der Waals surface area contributed by atoms with Gasteiger partial charge in [0.25, 0.3) is 0 Å². The minimum atomic E-state index is -3.80. The van der Waals surface area contributed by atoms with Crippen molar-refractivity contribution in [3.8, 4) is 11.4 Å². The van der Waals surface area contributed by atoms with Crippen LogP contribution in [0.25, 0.3) is 11.4 Å². The first-order valence-electron chi connectivity index (χ1n) is 8.81. The number of nitrogens with one attached hydrogen (secondary N) is 1. The van der Waals surface area contributed by atoms with E-state index < -0.39 is 15.8 Å². The molecule has 0 radical (unpaired) electrons. The molecule has 0 aliphatic heterocycles. The molecule has 0 atom stereocenters. The van der Waals surface area contributed by atoms with Gasteiger partial charge in [0.05, 0.1) is 11.4 Å². The highest BCUT2D eigenvalue weighted by molar-refractivity contribution is 7.89. The van der Waals surface area contributed by atoms with Gasteiger partial charge in [0.1, 0.15) is 5.82 Å². The van der Waals surface area contributed by atoms with Gasteiger partial charge in [0, 0.05) is 30.5 Å². The van der Waals surface area contributed by atoms with Gasteiger partial charge in [-0.1, -0.05) is 0 Å². The summed E-state index contributed by atoms with van der Waals surface area (Å²) in [4.78, 5) is 16.8. The highest BCUT2D eigenvalue weighted by Crippen LogP contribution is 2.36. The molecule has 1 saturated carbocycles. The van der Waals surface area contributed by atoms with Crippen molar-refractivity contribution in [2.24, 2.45) is 0 Å². The summed E-state index contributed by atoms with van der Waals surface area (Å²) in [5, 5.41) is 4.39. The van der Waals surface area contributed by atoms with E-state index in [1.54, 1.807) is 23.0 Å². The van der Waals surface area contributed by atoms with E-state index in [2.05, 4.69) is 14.8 Å². The van der Waals surface area contributed by atoms with Gasteiger partial charge in [-0.15, -0.1) is 5.10 Å². The lowest BCUT2D eigenvalue weighted by atomic mass is 10.3. The van der Waals surface area contributed by atoms with E-state index in [0.29, 0.717) is 5.82 Å². The summed E-state index contributed by atoms with van der Waals surface area (Å²) in [7, 11) is -3.80. The molecule has 0 spiro atoms. The van der Waals surface area contributed by atoms with Crippen molar-refractivity contribution >= 4 is 10.0 Å². The van der Waals surface area contributed by atoms with Crippen molar-refractivity contribution in [3.63, 3.8) is 0 Å². The van der Waals surface area contributed by atoms with Crippen LogP contribution in [0, 0.1) is 5.82 Å². The van der Waals surface area contributed by atoms with E-state index in [1.807, 2.05) is 6.07 Å². The average molecular weight is 403 g/mol. The number of rotatable bonds is 7. The van der Waals surface area contributed by atoms with Crippen molar-refractivity contribution in [2.45, 2.75) is 30.3 Å². The molecule has 0 bridgehead atoms. The van der Waals surface area contributed by atoms with Crippen LogP contribution in [0.4, 0.5) is 4.39 Å². The van der Waals surface area contributed by atoms with Gasteiger partial charge < -0.3 is 0 Å². The summed E-state index contributed by atoms with van der Waals surface area (Å²) >= 11 is 0. The maximum Gasteiger partial charge on any atom is 0.346 e. The molecule has 2 aromatic heterocycles. The van der Waals surface area contributed by atoms with Crippen molar-refractivity contribution in [3.05, 3.63) is 65.1 Å². The molecule has 146 valence electrons. The SMILES string of the molecule is O=c1n(CCNS(=O)(=O)c2ccc(F)cc2)nc(-c2cccnc2)n1C1CC1. The van der Waals surface area contributed by atoms with Crippen LogP contribution in [-0.4, -0.2) is 34.3 Å². The Bertz CT molecular complexity index is 1140. The summed E-state index contributed by atoms with van der Waals surface area (Å²) in [6.45, 7) is 0.0556. The van der Waals surface area contributed by atoms with Gasteiger partial charge in [0.15, 0.2) is 5.82 Å². The third-order valence-electron chi connectivity index (χ3n) is 4.44. The van der Waals surface area contributed by atoms with Crippen LogP contribution in [0.3, 0.4) is 0 Å². The number of nitrogens with zero attached hydrogens (tertiary/aromatic N) is 4. The molecule has 0 amide bonds. The number of aromatic nitrogens is 4. The van der Waals surface area contributed by atoms with E-state index >= 15 is 0 Å². The normalized spacial score (nSPS) is 14.3. The Balaban J connectivity index is 1.53. The lowest BCUT2D eigenvalue weighted by Gasteiger charge is -2.06. The van der Waals surface area contributed by atoms with Crippen LogP contribution in [0.1, 0.15) is 18.9 Å². The fraction of sp³-hybridized carbons (Fsp3) is 0.278. The maximum absolute atomic E-state index is 13.0. The van der Waals surface area contributed by atoms with Crippen LogP contribution < -0.4 is 10.4 Å². The molecular formula is C18H18FN5O3S. The Labute approximate surface area is 160 Å². The Morgan fingerprint density at radius 1 is 1.18 bits per heavy atom. The second-order valence-corrected chi connectivity index (χ2v) is 8.29. The molecule has 2 heterocycles. The number of hydrogen-bond donors (Lipinski definition) is 1. The first kappa shape index (κ1) is 18.5. The minimum Gasteiger partial charge on any atom is -0.272 e. The molecular weight excluding hydrogens is 385 g/mol. The van der Waals surface area contributed by atoms with Gasteiger partial charge in [-0.2, -0.15) is 0 Å². The number of benzene rings is 1. The molecule has 1 aliphatic rings. The number of pyridine rings is 1. The van der Waals surface area contributed by atoms with Crippen molar-refractivity contribution < 1.29 is 12.8 Å². The lowest BCUT2D eigenvalue weighted by molar-refractivity contribution is 0.546. The monoisotopic (exact) mass is 403 g/mol. The highest BCUT2D eigenvalue weighted by Gasteiger charge is 2.30. The third kappa shape index (κ3) is 3.73. The zero-order valence-corrected chi connectivity index (χ0v) is 15.6. The molecule has 1 aliphatic carbocycles. The Morgan fingerprint density at radius 2 is 1.93 bits per heavy atom. The topological polar surface area (TPSA) is 98.9 Å². The quantitative estimate of drug-likeness (QED) is 0.646. The summed E-state index contributed by atoms with van der Waals surface area (Å²) in [6, 6.07) is 8.25. The number of halogens is 1. The Hall–Kier alpha value is -2.85. The maximum atomic E-state index is 13.0. The minimum absolute atomic E-state index is 0.0201. The van der Waals surface area contributed by atoms with Crippen LogP contribution in [0.2, 0.25) is 0 Å². The standard InChI is InChI=1S/C18H18FN5O3S/c19-14-3-7-16(8-4-14)28(26,27)21-10-11-23-18(25)24(15-5-6-15)17(22-23)13-2-1-9-20-12-13/h1-4,7-9,12,15,21H,5-6,10-11H2. The number of sulfonamides is 1. The van der Waals surface area contributed by atoms with Crippen LogP contribution in [-0.2, 0) is 16.6 Å². The summed E-state index contributed by atoms with van der Waals surface area (Å²) < 4.78 is 42.8. The largest absolute Gasteiger partial charge is 0.346 e. The van der Waals surface area contributed by atoms with Crippen LogP contribution in [0.5, 0.6) is 0 Å². The first-order chi connectivity index (χ1) is 13.5. The fourth-order valence-corrected chi connectivity index (χ4v) is 3.92. The van der Waals surface area contributed by atoms with Gasteiger partial charge in [0.2, 0.25) is 10.0 Å². The molecule has 0 unspecified atom stereocenters. The van der Waals surface area contributed by atoms with Crippen molar-refractivity contribution in [1.29, 1.82) is 0 Å². The summed E-state index contributed by atoms with van der Waals surface area (Å²) in [5.41, 5.74) is 0.458. The number of hydrogen-bond acceptors (Lipinski definition) is 5. The Morgan fingerprint density at radius 3 is 2.57 bits per heavy atom. The predicted octanol–water partition coefficient (Wildman–Crippen LogP) is 1.56. The predicted molar refractivity (Wildman–Crippen MR) is 99.6 cm³/mol. The second-order valence-electron chi connectivity index (χ2n) is 6.52. The van der Waals surface area contributed by atoms with Gasteiger partial charge in [-0.3, -0.25) is 9.55 Å². The molecule has 3 aromatic rings. The Kier molecular flexibility index (Phi) is 4.82. The smallest absolute Gasteiger partial charge is 0.272 e. The first-order valence-corrected chi connectivity index (χ1v) is 10.3. The highest BCUT2D eigenvalue weighted by atomic mass is 32.2. The molecule has 4 rings (SSSR count). The van der Waals surface area contributed by atoms with E-state index in [-0.39, 0.29) is 29.7 Å². The lowest BCUT2D eigenvalue weighted by Crippen LogP contribution is -2.32. The summed E-state index contributed by atoms with van der Waals surface area (Å²) in [5.74, 6) is 0.0149. The van der Waals surface area contributed by atoms with E-state index in [1.165, 1.54) is 16.8 Å². The van der Waals surface area contributed by atoms with Gasteiger partial charge in [-0.05, 0) is 49.2 Å². The van der Waals surface area contributed by atoms with E-state index in [0.717, 1.165) is 30.5 Å². The van der Waals surface area contributed by atoms with Crippen LogP contribution in [0.15, 0.2) is 58.5 Å². The van der Waals surface area contributed by atoms with E-state index in [9.17, 15) is 17.6 Å². The third-order valence-corrected chi connectivity index (χ3v) is 5.92. The van der Waals surface area contributed by atoms with Gasteiger partial charge >= 0.3 is 5.69 Å². The molecule has 1 fully saturated rings. The van der Waals surface area contributed by atoms with E-state index in [4.69, 9.17) is 0 Å². The van der Waals surface area contributed by atoms with Gasteiger partial charge in [-0.25, -0.2) is 27.0 Å². The molecule has 1 N–H and O–H groups in total. The zero-order valence-electron chi connectivity index (χ0n) is 14.8. The second kappa shape index (κ2) is 7.28. The average Bonchev–Trinajstić information content (AvgIpc) is 3.47. The molecule has 8 nitrogen and oxygen atoms in total. The molecule has 0 saturated heterocycles. The van der Waals surface area contributed by atoms with Crippen LogP contribution >= 0.6 is 0 Å². The van der Waals surface area contributed by atoms with Crippen molar-refractivity contribution in [2.75, 3.05) is 6.54 Å². The fourth-order valence-electron chi connectivity index (χ4n) is 2.90.